The molecule has 1 aliphatic rings. The summed E-state index contributed by atoms with van der Waals surface area (Å²) in [7, 11) is -3.60. The van der Waals surface area contributed by atoms with Gasteiger partial charge in [-0.2, -0.15) is 0 Å². The van der Waals surface area contributed by atoms with Gasteiger partial charge in [0.15, 0.2) is 5.82 Å². The smallest absolute Gasteiger partial charge is 0.242 e. The molecule has 1 aliphatic carbocycles. The molecule has 2 aromatic rings. The van der Waals surface area contributed by atoms with Crippen LogP contribution < -0.4 is 4.72 Å². The lowest BCUT2D eigenvalue weighted by atomic mass is 10.2. The van der Waals surface area contributed by atoms with E-state index in [1.54, 1.807) is 10.7 Å². The fourth-order valence-electron chi connectivity index (χ4n) is 2.51. The molecule has 0 bridgehead atoms. The zero-order valence-corrected chi connectivity index (χ0v) is 12.2. The Bertz CT molecular complexity index is 694. The third-order valence-corrected chi connectivity index (χ3v) is 4.98. The van der Waals surface area contributed by atoms with Crippen molar-refractivity contribution in [3.05, 3.63) is 30.4 Å². The summed E-state index contributed by atoms with van der Waals surface area (Å²) < 4.78 is 28.5. The van der Waals surface area contributed by atoms with Gasteiger partial charge in [-0.05, 0) is 35.4 Å². The summed E-state index contributed by atoms with van der Waals surface area (Å²) in [6, 6.07) is 3.35. The first-order chi connectivity index (χ1) is 10.2. The molecule has 3 rings (SSSR count). The largest absolute Gasteiger partial charge is 0.263 e. The van der Waals surface area contributed by atoms with Gasteiger partial charge in [-0.25, -0.2) is 17.8 Å². The number of nitrogens with zero attached hydrogens (tertiary/aromatic N) is 5. The Morgan fingerprint density at radius 2 is 2.14 bits per heavy atom. The SMILES string of the molecule is O=S(=O)(NCc1nnnn1C1CCCC1)c1cccnc1. The van der Waals surface area contributed by atoms with E-state index in [0.717, 1.165) is 25.7 Å². The van der Waals surface area contributed by atoms with E-state index in [1.165, 1.54) is 18.5 Å². The summed E-state index contributed by atoms with van der Waals surface area (Å²) in [6.07, 6.45) is 7.22. The fraction of sp³-hybridized carbons (Fsp3) is 0.500. The molecular formula is C12H16N6O2S. The Balaban J connectivity index is 1.72. The maximum Gasteiger partial charge on any atom is 0.242 e. The van der Waals surface area contributed by atoms with Gasteiger partial charge in [0.1, 0.15) is 4.90 Å². The Morgan fingerprint density at radius 3 is 2.86 bits per heavy atom. The van der Waals surface area contributed by atoms with Crippen molar-refractivity contribution < 1.29 is 8.42 Å². The second kappa shape index (κ2) is 5.86. The number of hydrogen-bond acceptors (Lipinski definition) is 6. The highest BCUT2D eigenvalue weighted by Gasteiger charge is 2.22. The van der Waals surface area contributed by atoms with Crippen molar-refractivity contribution in [2.45, 2.75) is 43.2 Å². The topological polar surface area (TPSA) is 103 Å². The Labute approximate surface area is 122 Å². The average molecular weight is 308 g/mol. The van der Waals surface area contributed by atoms with Crippen LogP contribution >= 0.6 is 0 Å². The van der Waals surface area contributed by atoms with Gasteiger partial charge in [0.05, 0.1) is 12.6 Å². The van der Waals surface area contributed by atoms with Crippen LogP contribution in [0.15, 0.2) is 29.4 Å². The summed E-state index contributed by atoms with van der Waals surface area (Å²) in [4.78, 5) is 3.94. The van der Waals surface area contributed by atoms with E-state index in [9.17, 15) is 8.42 Å². The monoisotopic (exact) mass is 308 g/mol. The normalized spacial score (nSPS) is 16.4. The van der Waals surface area contributed by atoms with E-state index in [0.29, 0.717) is 5.82 Å². The minimum absolute atomic E-state index is 0.0702. The van der Waals surface area contributed by atoms with Gasteiger partial charge < -0.3 is 0 Å². The van der Waals surface area contributed by atoms with Crippen LogP contribution in [0.1, 0.15) is 37.5 Å². The molecule has 9 heteroatoms. The molecule has 0 aliphatic heterocycles. The van der Waals surface area contributed by atoms with Gasteiger partial charge in [0, 0.05) is 12.4 Å². The molecule has 2 aromatic heterocycles. The first-order valence-corrected chi connectivity index (χ1v) is 8.31. The number of tetrazole rings is 1. The number of aromatic nitrogens is 5. The van der Waals surface area contributed by atoms with E-state index in [-0.39, 0.29) is 17.5 Å². The van der Waals surface area contributed by atoms with Crippen LogP contribution in [0, 0.1) is 0 Å². The van der Waals surface area contributed by atoms with Gasteiger partial charge in [-0.15, -0.1) is 5.10 Å². The number of pyridine rings is 1. The van der Waals surface area contributed by atoms with Crippen molar-refractivity contribution in [3.8, 4) is 0 Å². The molecular weight excluding hydrogens is 292 g/mol. The predicted octanol–water partition coefficient (Wildman–Crippen LogP) is 0.662. The third-order valence-electron chi connectivity index (χ3n) is 3.60. The summed E-state index contributed by atoms with van der Waals surface area (Å²) in [6.45, 7) is 0.0702. The molecule has 0 spiro atoms. The molecule has 1 saturated carbocycles. The van der Waals surface area contributed by atoms with Crippen molar-refractivity contribution in [2.75, 3.05) is 0 Å². The van der Waals surface area contributed by atoms with Gasteiger partial charge >= 0.3 is 0 Å². The molecule has 2 heterocycles. The Hall–Kier alpha value is -1.87. The number of rotatable bonds is 5. The van der Waals surface area contributed by atoms with Crippen molar-refractivity contribution >= 4 is 10.0 Å². The summed E-state index contributed by atoms with van der Waals surface area (Å²) in [5.74, 6) is 0.536. The first kappa shape index (κ1) is 14.1. The fourth-order valence-corrected chi connectivity index (χ4v) is 3.45. The summed E-state index contributed by atoms with van der Waals surface area (Å²) in [5, 5.41) is 11.6. The van der Waals surface area contributed by atoms with Gasteiger partial charge in [0.25, 0.3) is 0 Å². The minimum atomic E-state index is -3.60. The molecule has 8 nitrogen and oxygen atoms in total. The zero-order chi connectivity index (χ0) is 14.7. The van der Waals surface area contributed by atoms with Crippen LogP contribution in [0.2, 0.25) is 0 Å². The molecule has 0 atom stereocenters. The minimum Gasteiger partial charge on any atom is -0.263 e. The Morgan fingerprint density at radius 1 is 1.33 bits per heavy atom. The molecule has 0 saturated heterocycles. The quantitative estimate of drug-likeness (QED) is 0.870. The summed E-state index contributed by atoms with van der Waals surface area (Å²) >= 11 is 0. The van der Waals surface area contributed by atoms with E-state index >= 15 is 0 Å². The zero-order valence-electron chi connectivity index (χ0n) is 11.4. The lowest BCUT2D eigenvalue weighted by Gasteiger charge is -2.11. The maximum absolute atomic E-state index is 12.1. The van der Waals surface area contributed by atoms with Gasteiger partial charge in [-0.3, -0.25) is 4.98 Å². The van der Waals surface area contributed by atoms with Crippen molar-refractivity contribution in [3.63, 3.8) is 0 Å². The average Bonchev–Trinajstić information content (AvgIpc) is 3.17. The van der Waals surface area contributed by atoms with Crippen LogP contribution in [0.25, 0.3) is 0 Å². The highest BCUT2D eigenvalue weighted by molar-refractivity contribution is 7.89. The van der Waals surface area contributed by atoms with Crippen LogP contribution in [-0.2, 0) is 16.6 Å². The molecule has 1 N–H and O–H groups in total. The second-order valence-electron chi connectivity index (χ2n) is 4.99. The molecule has 1 fully saturated rings. The number of sulfonamides is 1. The first-order valence-electron chi connectivity index (χ1n) is 6.83. The van der Waals surface area contributed by atoms with Crippen molar-refractivity contribution in [2.24, 2.45) is 0 Å². The third kappa shape index (κ3) is 3.08. The van der Waals surface area contributed by atoms with E-state index in [4.69, 9.17) is 0 Å². The molecule has 0 radical (unpaired) electrons. The predicted molar refractivity (Wildman–Crippen MR) is 73.6 cm³/mol. The highest BCUT2D eigenvalue weighted by atomic mass is 32.2. The van der Waals surface area contributed by atoms with E-state index in [1.807, 2.05) is 0 Å². The lowest BCUT2D eigenvalue weighted by Crippen LogP contribution is -2.26. The van der Waals surface area contributed by atoms with Crippen LogP contribution in [0.5, 0.6) is 0 Å². The van der Waals surface area contributed by atoms with Crippen molar-refractivity contribution in [1.82, 2.24) is 29.9 Å². The molecule has 112 valence electrons. The Kier molecular flexibility index (Phi) is 3.93. The number of nitrogens with one attached hydrogen (secondary N) is 1. The van der Waals surface area contributed by atoms with Gasteiger partial charge in [0.2, 0.25) is 10.0 Å². The van der Waals surface area contributed by atoms with Gasteiger partial charge in [-0.1, -0.05) is 12.8 Å². The number of hydrogen-bond donors (Lipinski definition) is 1. The molecule has 0 aromatic carbocycles. The summed E-state index contributed by atoms with van der Waals surface area (Å²) in [5.41, 5.74) is 0. The van der Waals surface area contributed by atoms with E-state index in [2.05, 4.69) is 25.2 Å². The molecule has 0 amide bonds. The van der Waals surface area contributed by atoms with Crippen LogP contribution in [0.4, 0.5) is 0 Å². The van der Waals surface area contributed by atoms with Crippen molar-refractivity contribution in [1.29, 1.82) is 0 Å². The maximum atomic E-state index is 12.1. The molecule has 0 unspecified atom stereocenters. The van der Waals surface area contributed by atoms with E-state index < -0.39 is 10.0 Å². The van der Waals surface area contributed by atoms with Crippen LogP contribution in [-0.4, -0.2) is 33.6 Å². The second-order valence-corrected chi connectivity index (χ2v) is 6.76. The lowest BCUT2D eigenvalue weighted by molar-refractivity contribution is 0.435. The van der Waals surface area contributed by atoms with Crippen LogP contribution in [0.3, 0.4) is 0 Å². The molecule has 21 heavy (non-hydrogen) atoms. The standard InChI is InChI=1S/C12H16N6O2S/c19-21(20,11-6-3-7-13-8-11)14-9-12-15-16-17-18(12)10-4-1-2-5-10/h3,6-8,10,14H,1-2,4-5,9H2. The highest BCUT2D eigenvalue weighted by Crippen LogP contribution is 2.29.